The molecular formula is C25H20Cl2FN5O2S. The molecule has 7 nitrogen and oxygen atoms in total. The molecule has 4 aromatic rings. The summed E-state index contributed by atoms with van der Waals surface area (Å²) in [6, 6.07) is 18.1. The molecule has 4 rings (SSSR count). The number of benzene rings is 3. The Morgan fingerprint density at radius 2 is 1.81 bits per heavy atom. The summed E-state index contributed by atoms with van der Waals surface area (Å²) >= 11 is 13.5. The number of nitrogens with one attached hydrogen (secondary N) is 2. The van der Waals surface area contributed by atoms with E-state index in [1.54, 1.807) is 28.8 Å². The van der Waals surface area contributed by atoms with Gasteiger partial charge in [-0.15, -0.1) is 10.2 Å². The first-order valence-electron chi connectivity index (χ1n) is 10.7. The van der Waals surface area contributed by atoms with Crippen molar-refractivity contribution in [1.82, 2.24) is 20.1 Å². The molecule has 0 spiro atoms. The number of carbonyl (C=O) groups excluding carboxylic acids is 2. The number of rotatable bonds is 8. The van der Waals surface area contributed by atoms with E-state index in [0.717, 1.165) is 5.56 Å². The van der Waals surface area contributed by atoms with E-state index in [-0.39, 0.29) is 23.8 Å². The molecule has 2 amide bonds. The van der Waals surface area contributed by atoms with E-state index < -0.39 is 11.7 Å². The van der Waals surface area contributed by atoms with Crippen LogP contribution in [-0.2, 0) is 11.3 Å². The van der Waals surface area contributed by atoms with Gasteiger partial charge in [-0.05, 0) is 55.0 Å². The number of halogens is 3. The number of aryl methyl sites for hydroxylation is 1. The quantitative estimate of drug-likeness (QED) is 0.279. The highest BCUT2D eigenvalue weighted by Crippen LogP contribution is 2.28. The average molecular weight is 544 g/mol. The zero-order valence-corrected chi connectivity index (χ0v) is 21.3. The number of hydrogen-bond acceptors (Lipinski definition) is 5. The van der Waals surface area contributed by atoms with Crippen LogP contribution >= 0.6 is 35.0 Å². The SMILES string of the molecule is Cc1cccc(NC(=O)CSc2nnc(CNC(=O)c3ccccc3F)n2-c2ccc(Cl)c(Cl)c2)c1. The second kappa shape index (κ2) is 11.6. The first-order valence-corrected chi connectivity index (χ1v) is 12.5. The van der Waals surface area contributed by atoms with E-state index in [2.05, 4.69) is 20.8 Å². The Morgan fingerprint density at radius 1 is 1.00 bits per heavy atom. The molecule has 184 valence electrons. The van der Waals surface area contributed by atoms with Crippen LogP contribution in [-0.4, -0.2) is 32.3 Å². The second-order valence-electron chi connectivity index (χ2n) is 7.70. The maximum absolute atomic E-state index is 14.0. The van der Waals surface area contributed by atoms with E-state index in [9.17, 15) is 14.0 Å². The number of nitrogens with zero attached hydrogens (tertiary/aromatic N) is 3. The van der Waals surface area contributed by atoms with Gasteiger partial charge in [0.2, 0.25) is 5.91 Å². The summed E-state index contributed by atoms with van der Waals surface area (Å²) in [4.78, 5) is 25.0. The molecule has 11 heteroatoms. The lowest BCUT2D eigenvalue weighted by atomic mass is 10.2. The normalized spacial score (nSPS) is 10.8. The minimum Gasteiger partial charge on any atom is -0.345 e. The first-order chi connectivity index (χ1) is 17.3. The van der Waals surface area contributed by atoms with Crippen LogP contribution in [0.15, 0.2) is 71.9 Å². The summed E-state index contributed by atoms with van der Waals surface area (Å²) < 4.78 is 15.6. The highest BCUT2D eigenvalue weighted by Gasteiger charge is 2.19. The molecule has 0 aliphatic heterocycles. The van der Waals surface area contributed by atoms with Crippen molar-refractivity contribution in [3.8, 4) is 5.69 Å². The molecule has 0 aliphatic carbocycles. The van der Waals surface area contributed by atoms with Gasteiger partial charge in [0.1, 0.15) is 5.82 Å². The fourth-order valence-electron chi connectivity index (χ4n) is 3.34. The van der Waals surface area contributed by atoms with Crippen molar-refractivity contribution in [2.24, 2.45) is 0 Å². The second-order valence-corrected chi connectivity index (χ2v) is 9.46. The molecule has 0 saturated carbocycles. The largest absolute Gasteiger partial charge is 0.345 e. The molecule has 0 fully saturated rings. The zero-order chi connectivity index (χ0) is 25.7. The molecule has 0 saturated heterocycles. The third kappa shape index (κ3) is 6.23. The van der Waals surface area contributed by atoms with Gasteiger partial charge >= 0.3 is 0 Å². The van der Waals surface area contributed by atoms with Gasteiger partial charge in [-0.25, -0.2) is 4.39 Å². The van der Waals surface area contributed by atoms with E-state index in [1.807, 2.05) is 31.2 Å². The molecule has 0 atom stereocenters. The summed E-state index contributed by atoms with van der Waals surface area (Å²) in [6.45, 7) is 1.90. The summed E-state index contributed by atoms with van der Waals surface area (Å²) in [5, 5.41) is 15.0. The Labute approximate surface area is 221 Å². The average Bonchev–Trinajstić information content (AvgIpc) is 3.26. The third-order valence-electron chi connectivity index (χ3n) is 5.02. The van der Waals surface area contributed by atoms with Gasteiger partial charge in [-0.3, -0.25) is 14.2 Å². The van der Waals surface area contributed by atoms with Crippen LogP contribution in [0.1, 0.15) is 21.7 Å². The van der Waals surface area contributed by atoms with E-state index in [0.29, 0.717) is 32.4 Å². The van der Waals surface area contributed by atoms with Gasteiger partial charge in [0.15, 0.2) is 11.0 Å². The Morgan fingerprint density at radius 3 is 2.56 bits per heavy atom. The van der Waals surface area contributed by atoms with Crippen molar-refractivity contribution in [3.63, 3.8) is 0 Å². The molecule has 1 aromatic heterocycles. The van der Waals surface area contributed by atoms with Crippen molar-refractivity contribution in [2.75, 3.05) is 11.1 Å². The van der Waals surface area contributed by atoms with Gasteiger partial charge < -0.3 is 10.6 Å². The molecule has 2 N–H and O–H groups in total. The van der Waals surface area contributed by atoms with Gasteiger partial charge in [0, 0.05) is 5.69 Å². The highest BCUT2D eigenvalue weighted by atomic mass is 35.5. The molecule has 36 heavy (non-hydrogen) atoms. The van der Waals surface area contributed by atoms with Crippen LogP contribution in [0.25, 0.3) is 5.69 Å². The molecule has 0 unspecified atom stereocenters. The Balaban J connectivity index is 1.54. The Kier molecular flexibility index (Phi) is 8.25. The summed E-state index contributed by atoms with van der Waals surface area (Å²) in [5.74, 6) is -1.02. The number of hydrogen-bond donors (Lipinski definition) is 2. The fraction of sp³-hybridized carbons (Fsp3) is 0.120. The lowest BCUT2D eigenvalue weighted by Gasteiger charge is -2.12. The van der Waals surface area contributed by atoms with Crippen molar-refractivity contribution in [1.29, 1.82) is 0 Å². The lowest BCUT2D eigenvalue weighted by molar-refractivity contribution is -0.113. The molecule has 3 aromatic carbocycles. The Bertz CT molecular complexity index is 1430. The smallest absolute Gasteiger partial charge is 0.254 e. The Hall–Kier alpha value is -3.40. The van der Waals surface area contributed by atoms with Crippen LogP contribution in [0.2, 0.25) is 10.0 Å². The minimum atomic E-state index is -0.628. The van der Waals surface area contributed by atoms with Gasteiger partial charge in [-0.2, -0.15) is 0 Å². The van der Waals surface area contributed by atoms with Crippen LogP contribution in [0.4, 0.5) is 10.1 Å². The molecule has 0 aliphatic rings. The maximum Gasteiger partial charge on any atom is 0.254 e. The summed E-state index contributed by atoms with van der Waals surface area (Å²) in [6.07, 6.45) is 0. The number of aromatic nitrogens is 3. The number of amides is 2. The molecular weight excluding hydrogens is 524 g/mol. The third-order valence-corrected chi connectivity index (χ3v) is 6.69. The van der Waals surface area contributed by atoms with Crippen LogP contribution in [0.3, 0.4) is 0 Å². The summed E-state index contributed by atoms with van der Waals surface area (Å²) in [5.41, 5.74) is 2.23. The standard InChI is InChI=1S/C25H20Cl2FN5O2S/c1-15-5-4-6-16(11-15)30-23(34)14-36-25-32-31-22(33(25)17-9-10-19(26)20(27)12-17)13-29-24(35)18-7-2-3-8-21(18)28/h2-12H,13-14H2,1H3,(H,29,35)(H,30,34). The van der Waals surface area contributed by atoms with Crippen molar-refractivity contribution < 1.29 is 14.0 Å². The van der Waals surface area contributed by atoms with E-state index >= 15 is 0 Å². The number of anilines is 1. The molecule has 0 bridgehead atoms. The molecule has 0 radical (unpaired) electrons. The van der Waals surface area contributed by atoms with Gasteiger partial charge in [-0.1, -0.05) is 59.2 Å². The first kappa shape index (κ1) is 25.7. The van der Waals surface area contributed by atoms with Crippen LogP contribution < -0.4 is 10.6 Å². The monoisotopic (exact) mass is 543 g/mol. The van der Waals surface area contributed by atoms with E-state index in [1.165, 1.54) is 30.0 Å². The maximum atomic E-state index is 14.0. The highest BCUT2D eigenvalue weighted by molar-refractivity contribution is 7.99. The zero-order valence-electron chi connectivity index (χ0n) is 19.0. The topological polar surface area (TPSA) is 88.9 Å². The van der Waals surface area contributed by atoms with Crippen molar-refractivity contribution in [2.45, 2.75) is 18.6 Å². The van der Waals surface area contributed by atoms with Crippen LogP contribution in [0.5, 0.6) is 0 Å². The van der Waals surface area contributed by atoms with E-state index in [4.69, 9.17) is 23.2 Å². The predicted octanol–water partition coefficient (Wildman–Crippen LogP) is 5.68. The predicted molar refractivity (Wildman–Crippen MR) is 139 cm³/mol. The number of carbonyl (C=O) groups is 2. The lowest BCUT2D eigenvalue weighted by Crippen LogP contribution is -2.25. The molecule has 1 heterocycles. The minimum absolute atomic E-state index is 0.0452. The van der Waals surface area contributed by atoms with Crippen molar-refractivity contribution in [3.05, 3.63) is 99.5 Å². The van der Waals surface area contributed by atoms with Crippen molar-refractivity contribution >= 4 is 52.5 Å². The summed E-state index contributed by atoms with van der Waals surface area (Å²) in [7, 11) is 0. The van der Waals surface area contributed by atoms with Crippen LogP contribution in [0, 0.1) is 12.7 Å². The fourth-order valence-corrected chi connectivity index (χ4v) is 4.40. The van der Waals surface area contributed by atoms with Gasteiger partial charge in [0.05, 0.1) is 33.6 Å². The number of thioether (sulfide) groups is 1. The van der Waals surface area contributed by atoms with Gasteiger partial charge in [0.25, 0.3) is 5.91 Å².